The lowest BCUT2D eigenvalue weighted by atomic mass is 10.00. The van der Waals surface area contributed by atoms with E-state index in [1.165, 1.54) is 11.1 Å². The molecule has 0 aliphatic carbocycles. The van der Waals surface area contributed by atoms with E-state index in [0.29, 0.717) is 18.0 Å². The fourth-order valence-corrected chi connectivity index (χ4v) is 3.98. The van der Waals surface area contributed by atoms with Gasteiger partial charge in [0.2, 0.25) is 0 Å². The Morgan fingerprint density at radius 2 is 1.97 bits per heavy atom. The van der Waals surface area contributed by atoms with Crippen LogP contribution >= 0.6 is 0 Å². The molecule has 6 heteroatoms. The van der Waals surface area contributed by atoms with Crippen LogP contribution in [-0.2, 0) is 13.0 Å². The summed E-state index contributed by atoms with van der Waals surface area (Å²) in [6.45, 7) is 2.66. The fourth-order valence-electron chi connectivity index (χ4n) is 3.98. The molecule has 6 nitrogen and oxygen atoms in total. The number of benzene rings is 2. The van der Waals surface area contributed by atoms with E-state index in [1.807, 2.05) is 36.4 Å². The van der Waals surface area contributed by atoms with Crippen molar-refractivity contribution < 1.29 is 14.4 Å². The highest BCUT2D eigenvalue weighted by atomic mass is 16.5. The smallest absolute Gasteiger partial charge is 0.258 e. The number of ether oxygens (including phenoxy) is 1. The molecule has 30 heavy (non-hydrogen) atoms. The Labute approximate surface area is 174 Å². The molecule has 1 N–H and O–H groups in total. The summed E-state index contributed by atoms with van der Waals surface area (Å²) in [5, 5.41) is 15.5. The molecule has 2 aromatic carbocycles. The number of pyridine rings is 1. The van der Waals surface area contributed by atoms with Crippen molar-refractivity contribution >= 4 is 11.1 Å². The van der Waals surface area contributed by atoms with Gasteiger partial charge in [0.15, 0.2) is 0 Å². The second-order valence-electron chi connectivity index (χ2n) is 7.63. The predicted octanol–water partition coefficient (Wildman–Crippen LogP) is 3.69. The third-order valence-electron chi connectivity index (χ3n) is 5.48. The number of β-amino-alcohol motifs (C(OH)–C–C–N with tert-alkyl or cyclic N) is 1. The van der Waals surface area contributed by atoms with E-state index in [4.69, 9.17) is 9.26 Å². The van der Waals surface area contributed by atoms with Gasteiger partial charge in [-0.3, -0.25) is 4.90 Å². The molecule has 2 aromatic heterocycles. The number of fused-ring (bicyclic) bond motifs is 2. The second-order valence-corrected chi connectivity index (χ2v) is 7.63. The van der Waals surface area contributed by atoms with Crippen LogP contribution < -0.4 is 4.74 Å². The Hall–Kier alpha value is -3.22. The van der Waals surface area contributed by atoms with Gasteiger partial charge < -0.3 is 14.4 Å². The van der Waals surface area contributed by atoms with Crippen LogP contribution in [0, 0.1) is 0 Å². The van der Waals surface area contributed by atoms with E-state index in [1.54, 1.807) is 6.20 Å². The summed E-state index contributed by atoms with van der Waals surface area (Å²) in [7, 11) is 0. The number of nitrogens with zero attached hydrogens (tertiary/aromatic N) is 3. The lowest BCUT2D eigenvalue weighted by Crippen LogP contribution is -2.38. The molecule has 0 spiro atoms. The second kappa shape index (κ2) is 8.26. The van der Waals surface area contributed by atoms with Crippen molar-refractivity contribution in [1.82, 2.24) is 15.0 Å². The molecule has 5 rings (SSSR count). The Morgan fingerprint density at radius 1 is 1.07 bits per heavy atom. The first-order chi connectivity index (χ1) is 14.8. The Kier molecular flexibility index (Phi) is 5.17. The van der Waals surface area contributed by atoms with Gasteiger partial charge in [-0.05, 0) is 41.8 Å². The average Bonchev–Trinajstić information content (AvgIpc) is 3.22. The molecule has 1 aliphatic rings. The van der Waals surface area contributed by atoms with Gasteiger partial charge in [-0.25, -0.2) is 4.98 Å². The molecule has 0 amide bonds. The van der Waals surface area contributed by atoms with Crippen LogP contribution in [0.4, 0.5) is 0 Å². The highest BCUT2D eigenvalue weighted by Crippen LogP contribution is 2.29. The molecule has 1 atom stereocenters. The fraction of sp³-hybridized carbons (Fsp3) is 0.250. The quantitative estimate of drug-likeness (QED) is 0.531. The van der Waals surface area contributed by atoms with E-state index in [9.17, 15) is 5.11 Å². The topological polar surface area (TPSA) is 71.6 Å². The molecule has 1 aliphatic heterocycles. The Morgan fingerprint density at radius 3 is 2.90 bits per heavy atom. The zero-order chi connectivity index (χ0) is 20.3. The van der Waals surface area contributed by atoms with Crippen molar-refractivity contribution in [3.05, 3.63) is 78.0 Å². The summed E-state index contributed by atoms with van der Waals surface area (Å²) in [5.74, 6) is 0.690. The molecular weight excluding hydrogens is 378 g/mol. The van der Waals surface area contributed by atoms with Gasteiger partial charge in [-0.1, -0.05) is 41.6 Å². The average molecular weight is 401 g/mol. The molecule has 4 aromatic rings. The summed E-state index contributed by atoms with van der Waals surface area (Å²) in [5.41, 5.74) is 4.89. The van der Waals surface area contributed by atoms with Crippen LogP contribution in [0.2, 0.25) is 0 Å². The standard InChI is InChI=1S/C24H23N3O3/c28-20(15-27-12-10-17-5-1-2-6-19(17)14-27)16-29-21-8-3-7-18(13-21)23-22-9-4-11-25-24(22)30-26-23/h1-9,11,13,20,28H,10,12,14-16H2/t20-/m1/s1. The predicted molar refractivity (Wildman–Crippen MR) is 114 cm³/mol. The van der Waals surface area contributed by atoms with E-state index in [-0.39, 0.29) is 6.61 Å². The van der Waals surface area contributed by atoms with Crippen LogP contribution in [0.25, 0.3) is 22.4 Å². The zero-order valence-corrected chi connectivity index (χ0v) is 16.6. The maximum atomic E-state index is 10.5. The van der Waals surface area contributed by atoms with Gasteiger partial charge in [0.05, 0.1) is 5.39 Å². The van der Waals surface area contributed by atoms with Gasteiger partial charge in [0.1, 0.15) is 24.2 Å². The van der Waals surface area contributed by atoms with Crippen LogP contribution in [0.5, 0.6) is 5.75 Å². The number of hydrogen-bond donors (Lipinski definition) is 1. The molecule has 0 bridgehead atoms. The van der Waals surface area contributed by atoms with Crippen molar-refractivity contribution in [1.29, 1.82) is 0 Å². The normalized spacial score (nSPS) is 15.1. The van der Waals surface area contributed by atoms with E-state index >= 15 is 0 Å². The van der Waals surface area contributed by atoms with Gasteiger partial charge >= 0.3 is 0 Å². The number of aromatic nitrogens is 2. The first-order valence-corrected chi connectivity index (χ1v) is 10.2. The van der Waals surface area contributed by atoms with Crippen molar-refractivity contribution in [2.24, 2.45) is 0 Å². The van der Waals surface area contributed by atoms with Gasteiger partial charge in [-0.2, -0.15) is 0 Å². The maximum Gasteiger partial charge on any atom is 0.258 e. The minimum absolute atomic E-state index is 0.239. The summed E-state index contributed by atoms with van der Waals surface area (Å²) in [4.78, 5) is 6.46. The van der Waals surface area contributed by atoms with Gasteiger partial charge in [0, 0.05) is 31.4 Å². The lowest BCUT2D eigenvalue weighted by molar-refractivity contribution is 0.0638. The largest absolute Gasteiger partial charge is 0.491 e. The third kappa shape index (κ3) is 3.92. The molecule has 152 valence electrons. The summed E-state index contributed by atoms with van der Waals surface area (Å²) >= 11 is 0. The number of rotatable bonds is 6. The number of hydrogen-bond acceptors (Lipinski definition) is 6. The number of aliphatic hydroxyl groups excluding tert-OH is 1. The zero-order valence-electron chi connectivity index (χ0n) is 16.6. The number of aliphatic hydroxyl groups is 1. The van der Waals surface area contributed by atoms with E-state index in [0.717, 1.165) is 36.2 Å². The van der Waals surface area contributed by atoms with E-state index < -0.39 is 6.10 Å². The molecule has 0 saturated carbocycles. The first-order valence-electron chi connectivity index (χ1n) is 10.2. The molecule has 0 unspecified atom stereocenters. The van der Waals surface area contributed by atoms with Crippen molar-refractivity contribution in [3.63, 3.8) is 0 Å². The molecular formula is C24H23N3O3. The highest BCUT2D eigenvalue weighted by Gasteiger charge is 2.19. The first kappa shape index (κ1) is 18.8. The minimum atomic E-state index is -0.559. The summed E-state index contributed by atoms with van der Waals surface area (Å²) in [6, 6.07) is 20.0. The minimum Gasteiger partial charge on any atom is -0.491 e. The molecule has 0 fully saturated rings. The van der Waals surface area contributed by atoms with Gasteiger partial charge in [0.25, 0.3) is 5.71 Å². The van der Waals surface area contributed by atoms with E-state index in [2.05, 4.69) is 39.3 Å². The molecule has 0 radical (unpaired) electrons. The van der Waals surface area contributed by atoms with Crippen LogP contribution in [0.15, 0.2) is 71.4 Å². The van der Waals surface area contributed by atoms with Crippen molar-refractivity contribution in [2.45, 2.75) is 19.1 Å². The lowest BCUT2D eigenvalue weighted by Gasteiger charge is -2.30. The highest BCUT2D eigenvalue weighted by molar-refractivity contribution is 5.89. The van der Waals surface area contributed by atoms with Crippen molar-refractivity contribution in [3.8, 4) is 17.0 Å². The van der Waals surface area contributed by atoms with Crippen LogP contribution in [0.3, 0.4) is 0 Å². The van der Waals surface area contributed by atoms with Crippen LogP contribution in [-0.4, -0.2) is 45.9 Å². The third-order valence-corrected chi connectivity index (χ3v) is 5.48. The van der Waals surface area contributed by atoms with Crippen molar-refractivity contribution in [2.75, 3.05) is 19.7 Å². The van der Waals surface area contributed by atoms with Gasteiger partial charge in [-0.15, -0.1) is 0 Å². The SMILES string of the molecule is O[C@@H](COc1cccc(-c2noc3ncccc23)c1)CN1CCc2ccccc2C1. The summed E-state index contributed by atoms with van der Waals surface area (Å²) < 4.78 is 11.2. The summed E-state index contributed by atoms with van der Waals surface area (Å²) in [6.07, 6.45) is 2.14. The Bertz CT molecular complexity index is 1160. The monoisotopic (exact) mass is 401 g/mol. The Balaban J connectivity index is 1.21. The molecule has 3 heterocycles. The molecule has 0 saturated heterocycles. The van der Waals surface area contributed by atoms with Crippen LogP contribution in [0.1, 0.15) is 11.1 Å². The maximum absolute atomic E-state index is 10.5.